The summed E-state index contributed by atoms with van der Waals surface area (Å²) >= 11 is 0. The Kier molecular flexibility index (Phi) is 8.06. The Morgan fingerprint density at radius 1 is 0.544 bits per heavy atom. The van der Waals surface area contributed by atoms with Crippen molar-refractivity contribution in [1.82, 2.24) is 0 Å². The minimum Gasteiger partial charge on any atom is -0.456 e. The van der Waals surface area contributed by atoms with Gasteiger partial charge in [-0.05, 0) is 105 Å². The van der Waals surface area contributed by atoms with E-state index in [-0.39, 0.29) is 11.8 Å². The van der Waals surface area contributed by atoms with Crippen molar-refractivity contribution in [3.8, 4) is 11.1 Å². The van der Waals surface area contributed by atoms with Gasteiger partial charge in [0.15, 0.2) is 5.84 Å². The largest absolute Gasteiger partial charge is 0.456 e. The summed E-state index contributed by atoms with van der Waals surface area (Å²) in [7, 11) is 0. The second kappa shape index (κ2) is 13.7. The highest BCUT2D eigenvalue weighted by molar-refractivity contribution is 6.24. The van der Waals surface area contributed by atoms with Crippen LogP contribution in [0.1, 0.15) is 59.1 Å². The molecule has 0 amide bonds. The molecule has 1 aliphatic carbocycles. The van der Waals surface area contributed by atoms with Crippen LogP contribution in [0.3, 0.4) is 0 Å². The molecule has 2 heterocycles. The molecule has 0 saturated carbocycles. The van der Waals surface area contributed by atoms with E-state index < -0.39 is 0 Å². The zero-order valence-electron chi connectivity index (χ0n) is 31.8. The maximum absolute atomic E-state index is 6.94. The van der Waals surface area contributed by atoms with Gasteiger partial charge in [-0.15, -0.1) is 0 Å². The van der Waals surface area contributed by atoms with Crippen molar-refractivity contribution >= 4 is 60.7 Å². The van der Waals surface area contributed by atoms with Crippen molar-refractivity contribution in [3.63, 3.8) is 0 Å². The van der Waals surface area contributed by atoms with E-state index in [0.29, 0.717) is 5.84 Å². The average Bonchev–Trinajstić information content (AvgIpc) is 3.53. The van der Waals surface area contributed by atoms with Gasteiger partial charge in [0.2, 0.25) is 0 Å². The molecule has 8 aromatic carbocycles. The van der Waals surface area contributed by atoms with Crippen LogP contribution in [0.2, 0.25) is 0 Å². The number of allylic oxidation sites excluding steroid dienone is 1. The van der Waals surface area contributed by atoms with E-state index in [1.54, 1.807) is 0 Å². The highest BCUT2D eigenvalue weighted by atomic mass is 16.3. The summed E-state index contributed by atoms with van der Waals surface area (Å²) < 4.78 is 6.94. The lowest BCUT2D eigenvalue weighted by Gasteiger charge is -2.22. The number of aliphatic imine (C=N–C) groups is 2. The van der Waals surface area contributed by atoms with Crippen molar-refractivity contribution in [3.05, 3.63) is 209 Å². The van der Waals surface area contributed by atoms with Crippen molar-refractivity contribution < 1.29 is 4.42 Å². The maximum atomic E-state index is 6.94. The fourth-order valence-electron chi connectivity index (χ4n) is 9.25. The molecule has 3 nitrogen and oxygen atoms in total. The molecular weight excluding hydrogens is 693 g/mol. The Balaban J connectivity index is 1.16. The third-order valence-corrected chi connectivity index (χ3v) is 12.1. The van der Waals surface area contributed by atoms with Gasteiger partial charge in [0.25, 0.3) is 0 Å². The van der Waals surface area contributed by atoms with E-state index in [1.807, 2.05) is 0 Å². The third kappa shape index (κ3) is 5.90. The van der Waals surface area contributed by atoms with Crippen LogP contribution in [0.25, 0.3) is 60.3 Å². The van der Waals surface area contributed by atoms with Gasteiger partial charge in [0.05, 0.1) is 11.4 Å². The summed E-state index contributed by atoms with van der Waals surface area (Å²) in [6, 6.07) is 61.3. The second-order valence-electron chi connectivity index (χ2n) is 15.7. The SMILES string of the molecule is CC1C/C=C(\c2ccccc2)N=C(c2ccccc2)N=C1c1cc(C2CCc3cc4ccccc4cc3-c3ccccc32)cc2oc3cc4ccccc4cc3c12. The Morgan fingerprint density at radius 3 is 1.96 bits per heavy atom. The maximum Gasteiger partial charge on any atom is 0.160 e. The van der Waals surface area contributed by atoms with Crippen LogP contribution >= 0.6 is 0 Å². The van der Waals surface area contributed by atoms with E-state index in [2.05, 4.69) is 183 Å². The first-order chi connectivity index (χ1) is 28.1. The summed E-state index contributed by atoms with van der Waals surface area (Å²) in [5, 5.41) is 7.16. The van der Waals surface area contributed by atoms with Crippen molar-refractivity contribution in [1.29, 1.82) is 0 Å². The van der Waals surface area contributed by atoms with Gasteiger partial charge in [-0.3, -0.25) is 0 Å². The molecule has 272 valence electrons. The molecule has 0 saturated heterocycles. The topological polar surface area (TPSA) is 37.9 Å². The van der Waals surface area contributed by atoms with Gasteiger partial charge < -0.3 is 4.42 Å². The number of fused-ring (bicyclic) bond motifs is 8. The quantitative estimate of drug-likeness (QED) is 0.178. The molecule has 0 radical (unpaired) electrons. The number of furan rings is 1. The van der Waals surface area contributed by atoms with E-state index in [9.17, 15) is 0 Å². The number of hydrogen-bond acceptors (Lipinski definition) is 3. The highest BCUT2D eigenvalue weighted by Crippen LogP contribution is 2.45. The van der Waals surface area contributed by atoms with E-state index in [1.165, 1.54) is 49.4 Å². The third-order valence-electron chi connectivity index (χ3n) is 12.1. The summed E-state index contributed by atoms with van der Waals surface area (Å²) in [6.45, 7) is 2.31. The van der Waals surface area contributed by atoms with E-state index in [4.69, 9.17) is 14.4 Å². The zero-order chi connectivity index (χ0) is 37.9. The standard InChI is InChI=1S/C54H40N2O/c1-34-24-27-49(35-14-4-2-5-15-35)55-54(36-16-6-3-7-17-36)56-53(34)48-31-42(33-51-52(48)47-30-39-20-10-11-21-40(39)32-50(47)57-51)43-26-25-41-28-37-18-8-9-19-38(37)29-46(41)45-23-13-12-22-44(43)45/h2-23,27-34,43H,24-26H2,1H3/b49-27+,55-54?,56-53?. The van der Waals surface area contributed by atoms with Crippen LogP contribution in [0, 0.1) is 5.92 Å². The van der Waals surface area contributed by atoms with Crippen LogP contribution in [0.5, 0.6) is 0 Å². The number of amidine groups is 1. The van der Waals surface area contributed by atoms with Crippen molar-refractivity contribution in [2.24, 2.45) is 15.9 Å². The minimum absolute atomic E-state index is 0.0971. The van der Waals surface area contributed by atoms with Crippen LogP contribution in [-0.4, -0.2) is 11.5 Å². The normalized spacial score (nSPS) is 17.9. The van der Waals surface area contributed by atoms with Crippen molar-refractivity contribution in [2.75, 3.05) is 0 Å². The first kappa shape index (κ1) is 33.5. The van der Waals surface area contributed by atoms with Gasteiger partial charge >= 0.3 is 0 Å². The molecule has 1 aromatic heterocycles. The predicted molar refractivity (Wildman–Crippen MR) is 238 cm³/mol. The molecule has 3 heteroatoms. The average molecular weight is 733 g/mol. The second-order valence-corrected chi connectivity index (χ2v) is 15.7. The summed E-state index contributed by atoms with van der Waals surface area (Å²) in [4.78, 5) is 11.0. The van der Waals surface area contributed by atoms with E-state index in [0.717, 1.165) is 69.3 Å². The smallest absolute Gasteiger partial charge is 0.160 e. The Hall–Kier alpha value is -6.84. The number of hydrogen-bond donors (Lipinski definition) is 0. The van der Waals surface area contributed by atoms with Gasteiger partial charge in [-0.25, -0.2) is 9.98 Å². The Morgan fingerprint density at radius 2 is 1.19 bits per heavy atom. The summed E-state index contributed by atoms with van der Waals surface area (Å²) in [5.41, 5.74) is 13.6. The Labute approximate surface area is 332 Å². The molecule has 11 rings (SSSR count). The molecule has 0 spiro atoms. The lowest BCUT2D eigenvalue weighted by Crippen LogP contribution is -2.18. The fraction of sp³-hybridized carbons (Fsp3) is 0.111. The number of benzene rings is 8. The van der Waals surface area contributed by atoms with Gasteiger partial charge in [-0.1, -0.05) is 153 Å². The lowest BCUT2D eigenvalue weighted by molar-refractivity contribution is 0.665. The van der Waals surface area contributed by atoms with Crippen molar-refractivity contribution in [2.45, 2.75) is 32.1 Å². The van der Waals surface area contributed by atoms with E-state index >= 15 is 0 Å². The lowest BCUT2D eigenvalue weighted by atomic mass is 9.82. The molecule has 0 bridgehead atoms. The molecule has 0 fully saturated rings. The molecule has 0 N–H and O–H groups in total. The van der Waals surface area contributed by atoms with Crippen LogP contribution in [0.4, 0.5) is 0 Å². The number of rotatable bonds is 4. The molecule has 57 heavy (non-hydrogen) atoms. The zero-order valence-corrected chi connectivity index (χ0v) is 31.8. The van der Waals surface area contributed by atoms with Gasteiger partial charge in [0.1, 0.15) is 11.2 Å². The summed E-state index contributed by atoms with van der Waals surface area (Å²) in [5.74, 6) is 0.967. The predicted octanol–water partition coefficient (Wildman–Crippen LogP) is 14.0. The molecule has 2 aliphatic rings. The van der Waals surface area contributed by atoms with Gasteiger partial charge in [0, 0.05) is 33.7 Å². The highest BCUT2D eigenvalue weighted by Gasteiger charge is 2.28. The first-order valence-corrected chi connectivity index (χ1v) is 20.1. The molecule has 9 aromatic rings. The number of aryl methyl sites for hydroxylation is 1. The minimum atomic E-state index is 0.0971. The number of nitrogens with zero attached hydrogens (tertiary/aromatic N) is 2. The first-order valence-electron chi connectivity index (χ1n) is 20.1. The molecular formula is C54H40N2O. The molecule has 2 atom stereocenters. The van der Waals surface area contributed by atoms with Crippen LogP contribution in [-0.2, 0) is 6.42 Å². The Bertz CT molecular complexity index is 3110. The van der Waals surface area contributed by atoms with Crippen LogP contribution in [0.15, 0.2) is 190 Å². The molecule has 1 aliphatic heterocycles. The molecule has 2 unspecified atom stereocenters. The summed E-state index contributed by atoms with van der Waals surface area (Å²) in [6.07, 6.45) is 5.06. The van der Waals surface area contributed by atoms with Gasteiger partial charge in [-0.2, -0.15) is 0 Å². The fourth-order valence-corrected chi connectivity index (χ4v) is 9.25. The monoisotopic (exact) mass is 732 g/mol. The van der Waals surface area contributed by atoms with Crippen LogP contribution < -0.4 is 0 Å².